The molecule has 0 aliphatic carbocycles. The highest BCUT2D eigenvalue weighted by molar-refractivity contribution is 6.42. The van der Waals surface area contributed by atoms with Gasteiger partial charge in [0.1, 0.15) is 0 Å². The van der Waals surface area contributed by atoms with Crippen LogP contribution in [-0.4, -0.2) is 23.1 Å². The fraction of sp³-hybridized carbons (Fsp3) is 0.190. The summed E-state index contributed by atoms with van der Waals surface area (Å²) in [5.74, 6) is 0.222. The van der Waals surface area contributed by atoms with Crippen molar-refractivity contribution in [2.24, 2.45) is 0 Å². The third kappa shape index (κ3) is 3.18. The van der Waals surface area contributed by atoms with Gasteiger partial charge in [-0.25, -0.2) is 0 Å². The largest absolute Gasteiger partial charge is 0.301 e. The first-order valence-electron chi connectivity index (χ1n) is 8.47. The van der Waals surface area contributed by atoms with E-state index in [1.54, 1.807) is 22.9 Å². The molecule has 3 nitrogen and oxygen atoms in total. The molecule has 1 aromatic heterocycles. The molecule has 0 N–H and O–H groups in total. The molecule has 0 bridgehead atoms. The van der Waals surface area contributed by atoms with Gasteiger partial charge in [0.05, 0.1) is 10.0 Å². The van der Waals surface area contributed by atoms with Crippen molar-refractivity contribution in [3.63, 3.8) is 0 Å². The van der Waals surface area contributed by atoms with E-state index < -0.39 is 0 Å². The number of pyridine rings is 1. The smallest absolute Gasteiger partial charge is 0.255 e. The number of hydrogen-bond acceptors (Lipinski definition) is 2. The maximum atomic E-state index is 12.1. The Morgan fingerprint density at radius 1 is 1.00 bits per heavy atom. The second-order valence-corrected chi connectivity index (χ2v) is 7.53. The lowest BCUT2D eigenvalue weighted by atomic mass is 9.84. The Balaban J connectivity index is 1.80. The van der Waals surface area contributed by atoms with Crippen molar-refractivity contribution < 1.29 is 0 Å². The standard InChI is InChI=1S/C21H18Cl2N2O/c1-24-12-15-10-16(25-9-3-2-4-21(25)26)6-7-17(15)18(13-24)14-5-8-19(22)20(23)11-14/h2-11,18H,12-13H2,1H3. The second kappa shape index (κ2) is 6.92. The van der Waals surface area contributed by atoms with Crippen molar-refractivity contribution in [3.05, 3.63) is 97.9 Å². The summed E-state index contributed by atoms with van der Waals surface area (Å²) in [4.78, 5) is 14.4. The fourth-order valence-corrected chi connectivity index (χ4v) is 3.95. The molecule has 2 heterocycles. The first-order chi connectivity index (χ1) is 12.5. The zero-order valence-corrected chi connectivity index (χ0v) is 15.8. The number of nitrogens with zero attached hydrogens (tertiary/aromatic N) is 2. The summed E-state index contributed by atoms with van der Waals surface area (Å²) in [6.45, 7) is 1.76. The maximum Gasteiger partial charge on any atom is 0.255 e. The van der Waals surface area contributed by atoms with Crippen LogP contribution in [0, 0.1) is 0 Å². The molecule has 0 saturated heterocycles. The van der Waals surface area contributed by atoms with Crippen molar-refractivity contribution in [1.82, 2.24) is 9.47 Å². The van der Waals surface area contributed by atoms with Gasteiger partial charge in [0.25, 0.3) is 5.56 Å². The zero-order valence-electron chi connectivity index (χ0n) is 14.3. The molecule has 0 radical (unpaired) electrons. The van der Waals surface area contributed by atoms with E-state index in [-0.39, 0.29) is 11.5 Å². The van der Waals surface area contributed by atoms with Gasteiger partial charge < -0.3 is 4.90 Å². The molecule has 1 aliphatic heterocycles. The van der Waals surface area contributed by atoms with Crippen LogP contribution in [0.2, 0.25) is 10.0 Å². The van der Waals surface area contributed by atoms with E-state index in [0.717, 1.165) is 24.3 Å². The lowest BCUT2D eigenvalue weighted by molar-refractivity contribution is 0.295. The summed E-state index contributed by atoms with van der Waals surface area (Å²) in [6.07, 6.45) is 1.80. The summed E-state index contributed by atoms with van der Waals surface area (Å²) < 4.78 is 1.67. The number of benzene rings is 2. The summed E-state index contributed by atoms with van der Waals surface area (Å²) in [5, 5.41) is 1.14. The average Bonchev–Trinajstić information content (AvgIpc) is 2.63. The lowest BCUT2D eigenvalue weighted by Crippen LogP contribution is -2.31. The SMILES string of the molecule is CN1Cc2cc(-n3ccccc3=O)ccc2C(c2ccc(Cl)c(Cl)c2)C1. The number of hydrogen-bond donors (Lipinski definition) is 0. The molecular weight excluding hydrogens is 367 g/mol. The van der Waals surface area contributed by atoms with Crippen LogP contribution in [0.15, 0.2) is 65.6 Å². The Morgan fingerprint density at radius 2 is 1.85 bits per heavy atom. The van der Waals surface area contributed by atoms with E-state index in [1.807, 2.05) is 30.3 Å². The Labute approximate surface area is 162 Å². The van der Waals surface area contributed by atoms with Crippen LogP contribution >= 0.6 is 23.2 Å². The van der Waals surface area contributed by atoms with E-state index >= 15 is 0 Å². The second-order valence-electron chi connectivity index (χ2n) is 6.71. The minimum Gasteiger partial charge on any atom is -0.301 e. The molecule has 1 atom stereocenters. The topological polar surface area (TPSA) is 25.2 Å². The maximum absolute atomic E-state index is 12.1. The normalized spacial score (nSPS) is 17.1. The molecule has 0 amide bonds. The van der Waals surface area contributed by atoms with Gasteiger partial charge in [0, 0.05) is 37.0 Å². The first kappa shape index (κ1) is 17.3. The van der Waals surface area contributed by atoms with E-state index in [1.165, 1.54) is 11.1 Å². The van der Waals surface area contributed by atoms with Crippen molar-refractivity contribution in [2.75, 3.05) is 13.6 Å². The predicted molar refractivity (Wildman–Crippen MR) is 107 cm³/mol. The molecule has 26 heavy (non-hydrogen) atoms. The minimum absolute atomic E-state index is 0.0300. The highest BCUT2D eigenvalue weighted by atomic mass is 35.5. The Hall–Kier alpha value is -2.07. The number of aromatic nitrogens is 1. The van der Waals surface area contributed by atoms with Gasteiger partial charge in [0.15, 0.2) is 0 Å². The number of likely N-dealkylation sites (N-methyl/N-ethyl adjacent to an activating group) is 1. The van der Waals surface area contributed by atoms with Crippen LogP contribution in [0.25, 0.3) is 5.69 Å². The lowest BCUT2D eigenvalue weighted by Gasteiger charge is -2.33. The van der Waals surface area contributed by atoms with Gasteiger partial charge in [-0.15, -0.1) is 0 Å². The van der Waals surface area contributed by atoms with Gasteiger partial charge in [-0.1, -0.05) is 41.4 Å². The fourth-order valence-electron chi connectivity index (χ4n) is 3.64. The van der Waals surface area contributed by atoms with Gasteiger partial charge >= 0.3 is 0 Å². The molecule has 1 aliphatic rings. The van der Waals surface area contributed by atoms with Crippen LogP contribution < -0.4 is 5.56 Å². The molecule has 2 aromatic carbocycles. The first-order valence-corrected chi connectivity index (χ1v) is 9.23. The van der Waals surface area contributed by atoms with Crippen LogP contribution in [0.5, 0.6) is 0 Å². The number of halogens is 2. The van der Waals surface area contributed by atoms with Gasteiger partial charge in [0.2, 0.25) is 0 Å². The van der Waals surface area contributed by atoms with Crippen LogP contribution in [0.1, 0.15) is 22.6 Å². The number of rotatable bonds is 2. The van der Waals surface area contributed by atoms with Gasteiger partial charge in [-0.2, -0.15) is 0 Å². The van der Waals surface area contributed by atoms with Crippen LogP contribution in [-0.2, 0) is 6.54 Å². The Morgan fingerprint density at radius 3 is 2.62 bits per heavy atom. The third-order valence-corrected chi connectivity index (χ3v) is 5.62. The summed E-state index contributed by atoms with van der Waals surface area (Å²) in [5.41, 5.74) is 4.50. The molecule has 1 unspecified atom stereocenters. The summed E-state index contributed by atoms with van der Waals surface area (Å²) in [6, 6.07) is 17.3. The van der Waals surface area contributed by atoms with Crippen molar-refractivity contribution in [3.8, 4) is 5.69 Å². The molecule has 0 spiro atoms. The molecule has 0 saturated carbocycles. The van der Waals surface area contributed by atoms with Gasteiger partial charge in [-0.05, 0) is 54.1 Å². The molecule has 4 rings (SSSR count). The molecular formula is C21H18Cl2N2O. The highest BCUT2D eigenvalue weighted by Gasteiger charge is 2.25. The zero-order chi connectivity index (χ0) is 18.3. The minimum atomic E-state index is -0.0300. The monoisotopic (exact) mass is 384 g/mol. The molecule has 132 valence electrons. The Bertz CT molecular complexity index is 1030. The van der Waals surface area contributed by atoms with Crippen molar-refractivity contribution in [2.45, 2.75) is 12.5 Å². The van der Waals surface area contributed by atoms with Crippen LogP contribution in [0.4, 0.5) is 0 Å². The van der Waals surface area contributed by atoms with Crippen LogP contribution in [0.3, 0.4) is 0 Å². The average molecular weight is 385 g/mol. The third-order valence-electron chi connectivity index (χ3n) is 4.88. The molecule has 5 heteroatoms. The van der Waals surface area contributed by atoms with E-state index in [4.69, 9.17) is 23.2 Å². The van der Waals surface area contributed by atoms with Gasteiger partial charge in [-0.3, -0.25) is 9.36 Å². The summed E-state index contributed by atoms with van der Waals surface area (Å²) >= 11 is 12.3. The van der Waals surface area contributed by atoms with E-state index in [0.29, 0.717) is 10.0 Å². The predicted octanol–water partition coefficient (Wildman–Crippen LogP) is 4.72. The van der Waals surface area contributed by atoms with E-state index in [2.05, 4.69) is 24.1 Å². The summed E-state index contributed by atoms with van der Waals surface area (Å²) in [7, 11) is 2.11. The number of fused-ring (bicyclic) bond motifs is 1. The highest BCUT2D eigenvalue weighted by Crippen LogP contribution is 2.36. The quantitative estimate of drug-likeness (QED) is 0.638. The Kier molecular flexibility index (Phi) is 4.62. The van der Waals surface area contributed by atoms with E-state index in [9.17, 15) is 4.79 Å². The van der Waals surface area contributed by atoms with Crippen molar-refractivity contribution >= 4 is 23.2 Å². The molecule has 0 fully saturated rings. The van der Waals surface area contributed by atoms with Crippen molar-refractivity contribution in [1.29, 1.82) is 0 Å². The molecule has 3 aromatic rings.